The first-order chi connectivity index (χ1) is 6.16. The highest BCUT2D eigenvalue weighted by molar-refractivity contribution is 8.00. The fourth-order valence-electron chi connectivity index (χ4n) is 1.48. The standard InChI is InChI=1S/C9H18N2OS.ClH/c1-9(4-2-6-13-9)7-11-8(12)3-5-10;/h2-7,10H2,1H3,(H,11,12);1H. The molecule has 0 aromatic heterocycles. The van der Waals surface area contributed by atoms with Gasteiger partial charge in [-0.1, -0.05) is 0 Å². The van der Waals surface area contributed by atoms with Crippen molar-refractivity contribution >= 4 is 30.1 Å². The maximum absolute atomic E-state index is 11.1. The quantitative estimate of drug-likeness (QED) is 0.773. The lowest BCUT2D eigenvalue weighted by Gasteiger charge is -2.22. The first-order valence-electron chi connectivity index (χ1n) is 4.77. The van der Waals surface area contributed by atoms with Gasteiger partial charge in [-0.3, -0.25) is 4.79 Å². The first kappa shape index (κ1) is 14.1. The van der Waals surface area contributed by atoms with Crippen molar-refractivity contribution in [3.05, 3.63) is 0 Å². The Morgan fingerprint density at radius 1 is 1.64 bits per heavy atom. The van der Waals surface area contributed by atoms with E-state index in [0.29, 0.717) is 13.0 Å². The Labute approximate surface area is 96.0 Å². The van der Waals surface area contributed by atoms with E-state index in [-0.39, 0.29) is 23.1 Å². The van der Waals surface area contributed by atoms with Gasteiger partial charge < -0.3 is 11.1 Å². The summed E-state index contributed by atoms with van der Waals surface area (Å²) >= 11 is 1.96. The maximum Gasteiger partial charge on any atom is 0.221 e. The van der Waals surface area contributed by atoms with E-state index in [2.05, 4.69) is 12.2 Å². The van der Waals surface area contributed by atoms with Crippen LogP contribution in [0.4, 0.5) is 0 Å². The van der Waals surface area contributed by atoms with E-state index < -0.39 is 0 Å². The van der Waals surface area contributed by atoms with Gasteiger partial charge in [-0.25, -0.2) is 0 Å². The number of nitrogens with one attached hydrogen (secondary N) is 1. The smallest absolute Gasteiger partial charge is 0.221 e. The molecule has 3 nitrogen and oxygen atoms in total. The highest BCUT2D eigenvalue weighted by atomic mass is 35.5. The van der Waals surface area contributed by atoms with E-state index in [1.807, 2.05) is 11.8 Å². The molecule has 14 heavy (non-hydrogen) atoms. The Hall–Kier alpha value is 0.0700. The van der Waals surface area contributed by atoms with Gasteiger partial charge in [-0.15, -0.1) is 12.4 Å². The second-order valence-corrected chi connectivity index (χ2v) is 5.40. The number of hydrogen-bond donors (Lipinski definition) is 2. The van der Waals surface area contributed by atoms with E-state index >= 15 is 0 Å². The SMILES string of the molecule is CC1(CNC(=O)CCN)CCCS1.Cl. The molecule has 1 aliphatic rings. The number of carbonyl (C=O) groups excluding carboxylic acids is 1. The maximum atomic E-state index is 11.1. The van der Waals surface area contributed by atoms with Gasteiger partial charge in [0, 0.05) is 24.3 Å². The predicted molar refractivity (Wildman–Crippen MR) is 64.0 cm³/mol. The van der Waals surface area contributed by atoms with E-state index in [0.717, 1.165) is 6.54 Å². The highest BCUT2D eigenvalue weighted by Crippen LogP contribution is 2.36. The van der Waals surface area contributed by atoms with Crippen LogP contribution in [-0.4, -0.2) is 29.5 Å². The van der Waals surface area contributed by atoms with Crippen LogP contribution in [-0.2, 0) is 4.79 Å². The summed E-state index contributed by atoms with van der Waals surface area (Å²) in [6.07, 6.45) is 2.93. The Balaban J connectivity index is 0.00000169. The average Bonchev–Trinajstić information content (AvgIpc) is 2.51. The molecule has 0 bridgehead atoms. The average molecular weight is 239 g/mol. The molecule has 0 aromatic carbocycles. The molecule has 3 N–H and O–H groups in total. The van der Waals surface area contributed by atoms with Gasteiger partial charge in [0.05, 0.1) is 0 Å². The number of hydrogen-bond acceptors (Lipinski definition) is 3. The van der Waals surface area contributed by atoms with Crippen LogP contribution in [0, 0.1) is 0 Å². The van der Waals surface area contributed by atoms with Crippen LogP contribution in [0.25, 0.3) is 0 Å². The molecule has 1 heterocycles. The second-order valence-electron chi connectivity index (χ2n) is 3.72. The number of rotatable bonds is 4. The van der Waals surface area contributed by atoms with Gasteiger partial charge in [0.15, 0.2) is 0 Å². The van der Waals surface area contributed by atoms with Crippen LogP contribution in [0.2, 0.25) is 0 Å². The summed E-state index contributed by atoms with van der Waals surface area (Å²) in [4.78, 5) is 11.1. The zero-order valence-electron chi connectivity index (χ0n) is 8.54. The van der Waals surface area contributed by atoms with Crippen LogP contribution in [0.5, 0.6) is 0 Å². The molecule has 0 aliphatic carbocycles. The Morgan fingerprint density at radius 3 is 2.86 bits per heavy atom. The number of nitrogens with two attached hydrogens (primary N) is 1. The molecular formula is C9H19ClN2OS. The molecule has 1 amide bonds. The molecule has 84 valence electrons. The molecule has 1 saturated heterocycles. The number of carbonyl (C=O) groups is 1. The molecule has 0 spiro atoms. The minimum absolute atomic E-state index is 0. The van der Waals surface area contributed by atoms with Crippen molar-refractivity contribution in [3.63, 3.8) is 0 Å². The summed E-state index contributed by atoms with van der Waals surface area (Å²) in [7, 11) is 0. The van der Waals surface area contributed by atoms with E-state index in [4.69, 9.17) is 5.73 Å². The zero-order valence-corrected chi connectivity index (χ0v) is 10.2. The van der Waals surface area contributed by atoms with E-state index in [1.54, 1.807) is 0 Å². The molecule has 0 aromatic rings. The summed E-state index contributed by atoms with van der Waals surface area (Å²) in [5, 5.41) is 2.93. The summed E-state index contributed by atoms with van der Waals surface area (Å²) in [5.41, 5.74) is 5.28. The summed E-state index contributed by atoms with van der Waals surface area (Å²) in [6.45, 7) is 3.44. The normalized spacial score (nSPS) is 25.6. The van der Waals surface area contributed by atoms with E-state index in [1.165, 1.54) is 18.6 Å². The molecule has 0 radical (unpaired) electrons. The van der Waals surface area contributed by atoms with Gasteiger partial charge in [0.2, 0.25) is 5.91 Å². The topological polar surface area (TPSA) is 55.1 Å². The summed E-state index contributed by atoms with van der Waals surface area (Å²) in [6, 6.07) is 0. The Morgan fingerprint density at radius 2 is 2.36 bits per heavy atom. The third kappa shape index (κ3) is 4.53. The van der Waals surface area contributed by atoms with Crippen molar-refractivity contribution in [1.82, 2.24) is 5.32 Å². The van der Waals surface area contributed by atoms with Crippen LogP contribution >= 0.6 is 24.2 Å². The minimum atomic E-state index is 0. The van der Waals surface area contributed by atoms with Gasteiger partial charge in [-0.2, -0.15) is 11.8 Å². The predicted octanol–water partition coefficient (Wildman–Crippen LogP) is 1.16. The van der Waals surface area contributed by atoms with Crippen LogP contribution < -0.4 is 11.1 Å². The van der Waals surface area contributed by atoms with Crippen molar-refractivity contribution in [1.29, 1.82) is 0 Å². The van der Waals surface area contributed by atoms with Gasteiger partial charge in [0.25, 0.3) is 0 Å². The first-order valence-corrected chi connectivity index (χ1v) is 5.75. The Bertz CT molecular complexity index is 184. The number of halogens is 1. The molecular weight excluding hydrogens is 220 g/mol. The molecule has 1 rings (SSSR count). The third-order valence-corrected chi connectivity index (χ3v) is 3.87. The van der Waals surface area contributed by atoms with Crippen molar-refractivity contribution in [2.75, 3.05) is 18.8 Å². The van der Waals surface area contributed by atoms with Gasteiger partial charge in [-0.05, 0) is 25.5 Å². The second kappa shape index (κ2) is 6.53. The Kier molecular flexibility index (Phi) is 6.57. The third-order valence-electron chi connectivity index (χ3n) is 2.33. The molecule has 5 heteroatoms. The summed E-state index contributed by atoms with van der Waals surface area (Å²) in [5.74, 6) is 1.31. The lowest BCUT2D eigenvalue weighted by molar-refractivity contribution is -0.120. The molecule has 1 atom stereocenters. The largest absolute Gasteiger partial charge is 0.355 e. The molecule has 0 saturated carbocycles. The zero-order chi connectivity index (χ0) is 9.73. The van der Waals surface area contributed by atoms with Crippen LogP contribution in [0.15, 0.2) is 0 Å². The minimum Gasteiger partial charge on any atom is -0.355 e. The van der Waals surface area contributed by atoms with Crippen LogP contribution in [0.3, 0.4) is 0 Å². The highest BCUT2D eigenvalue weighted by Gasteiger charge is 2.29. The van der Waals surface area contributed by atoms with Crippen molar-refractivity contribution in [2.24, 2.45) is 5.73 Å². The lowest BCUT2D eigenvalue weighted by Crippen LogP contribution is -2.37. The lowest BCUT2D eigenvalue weighted by atomic mass is 10.1. The molecule has 1 fully saturated rings. The molecule has 1 unspecified atom stereocenters. The van der Waals surface area contributed by atoms with Crippen molar-refractivity contribution in [3.8, 4) is 0 Å². The van der Waals surface area contributed by atoms with Gasteiger partial charge in [0.1, 0.15) is 0 Å². The number of thioether (sulfide) groups is 1. The van der Waals surface area contributed by atoms with Gasteiger partial charge >= 0.3 is 0 Å². The van der Waals surface area contributed by atoms with E-state index in [9.17, 15) is 4.79 Å². The van der Waals surface area contributed by atoms with Crippen molar-refractivity contribution < 1.29 is 4.79 Å². The summed E-state index contributed by atoms with van der Waals surface area (Å²) < 4.78 is 0.268. The van der Waals surface area contributed by atoms with Crippen molar-refractivity contribution in [2.45, 2.75) is 30.9 Å². The molecule has 1 aliphatic heterocycles. The number of amides is 1. The fraction of sp³-hybridized carbons (Fsp3) is 0.889. The van der Waals surface area contributed by atoms with Crippen LogP contribution in [0.1, 0.15) is 26.2 Å². The fourth-order valence-corrected chi connectivity index (χ4v) is 2.73. The monoisotopic (exact) mass is 238 g/mol.